The van der Waals surface area contributed by atoms with Gasteiger partial charge in [-0.2, -0.15) is 0 Å². The summed E-state index contributed by atoms with van der Waals surface area (Å²) in [5.41, 5.74) is 9.03. The van der Waals surface area contributed by atoms with Gasteiger partial charge in [-0.15, -0.1) is 0 Å². The fraction of sp³-hybridized carbons (Fsp3) is 0.364. The van der Waals surface area contributed by atoms with Crippen LogP contribution in [-0.2, 0) is 17.8 Å². The fourth-order valence-electron chi connectivity index (χ4n) is 1.87. The molecule has 2 rings (SSSR count). The highest BCUT2D eigenvalue weighted by atomic mass is 79.9. The van der Waals surface area contributed by atoms with Crippen LogP contribution < -0.4 is 5.73 Å². The molecule has 0 unspecified atom stereocenters. The first-order valence-corrected chi connectivity index (χ1v) is 5.69. The molecular formula is C11H13BrN2O. The largest absolute Gasteiger partial charge is 0.398 e. The van der Waals surface area contributed by atoms with Crippen molar-refractivity contribution >= 4 is 27.5 Å². The molecule has 0 aromatic heterocycles. The predicted octanol–water partition coefficient (Wildman–Crippen LogP) is 1.94. The topological polar surface area (TPSA) is 46.3 Å². The van der Waals surface area contributed by atoms with E-state index in [1.165, 1.54) is 11.1 Å². The molecule has 3 nitrogen and oxygen atoms in total. The molecule has 2 N–H and O–H groups in total. The minimum atomic E-state index is 0.133. The summed E-state index contributed by atoms with van der Waals surface area (Å²) in [5, 5.41) is 0. The second kappa shape index (κ2) is 3.85. The Morgan fingerprint density at radius 1 is 1.47 bits per heavy atom. The van der Waals surface area contributed by atoms with Crippen LogP contribution in [0.3, 0.4) is 0 Å². The van der Waals surface area contributed by atoms with Crippen molar-refractivity contribution in [1.82, 2.24) is 4.90 Å². The van der Waals surface area contributed by atoms with Crippen LogP contribution in [0.2, 0.25) is 0 Å². The number of nitrogen functional groups attached to an aromatic ring is 1. The summed E-state index contributed by atoms with van der Waals surface area (Å²) in [5.74, 6) is 0.133. The molecule has 0 bridgehead atoms. The minimum absolute atomic E-state index is 0.133. The minimum Gasteiger partial charge on any atom is -0.398 e. The van der Waals surface area contributed by atoms with Crippen LogP contribution >= 0.6 is 15.9 Å². The Balaban J connectivity index is 2.34. The Labute approximate surface area is 97.4 Å². The Bertz CT molecular complexity index is 417. The summed E-state index contributed by atoms with van der Waals surface area (Å²) in [6.07, 6.45) is 0.895. The van der Waals surface area contributed by atoms with Gasteiger partial charge < -0.3 is 10.6 Å². The Morgan fingerprint density at radius 3 is 2.87 bits per heavy atom. The number of benzene rings is 1. The van der Waals surface area contributed by atoms with Crippen LogP contribution in [0.4, 0.5) is 5.69 Å². The number of amides is 1. The molecule has 0 atom stereocenters. The lowest BCUT2D eigenvalue weighted by atomic mass is 9.99. The molecule has 1 aliphatic rings. The number of hydrogen-bond acceptors (Lipinski definition) is 2. The fourth-order valence-corrected chi connectivity index (χ4v) is 2.26. The van der Waals surface area contributed by atoms with E-state index >= 15 is 0 Å². The van der Waals surface area contributed by atoms with Gasteiger partial charge in [0.2, 0.25) is 5.91 Å². The first kappa shape index (κ1) is 10.5. The molecule has 4 heteroatoms. The summed E-state index contributed by atoms with van der Waals surface area (Å²) in [4.78, 5) is 13.1. The van der Waals surface area contributed by atoms with Crippen LogP contribution in [0.1, 0.15) is 18.1 Å². The number of hydrogen-bond donors (Lipinski definition) is 1. The molecule has 80 valence electrons. The second-order valence-electron chi connectivity index (χ2n) is 3.83. The van der Waals surface area contributed by atoms with Gasteiger partial charge in [-0.1, -0.05) is 0 Å². The molecule has 0 spiro atoms. The van der Waals surface area contributed by atoms with Crippen LogP contribution in [0.15, 0.2) is 16.6 Å². The average Bonchev–Trinajstić information content (AvgIpc) is 2.19. The zero-order chi connectivity index (χ0) is 11.0. The molecule has 1 aromatic rings. The lowest BCUT2D eigenvalue weighted by Gasteiger charge is -2.28. The van der Waals surface area contributed by atoms with Gasteiger partial charge in [-0.3, -0.25) is 4.79 Å². The molecule has 15 heavy (non-hydrogen) atoms. The maximum absolute atomic E-state index is 11.2. The third kappa shape index (κ3) is 2.00. The van der Waals surface area contributed by atoms with Crippen molar-refractivity contribution in [1.29, 1.82) is 0 Å². The first-order chi connectivity index (χ1) is 7.08. The van der Waals surface area contributed by atoms with E-state index in [0.717, 1.165) is 23.1 Å². The standard InChI is InChI=1S/C11H13BrN2O/c1-7(15)14-3-2-8-5-11(13)10(12)4-9(8)6-14/h4-5H,2-3,6,13H2,1H3. The van der Waals surface area contributed by atoms with Gasteiger partial charge in [0.25, 0.3) is 0 Å². The molecule has 0 saturated carbocycles. The van der Waals surface area contributed by atoms with Crippen molar-refractivity contribution in [2.24, 2.45) is 0 Å². The summed E-state index contributed by atoms with van der Waals surface area (Å²) >= 11 is 3.40. The molecule has 0 fully saturated rings. The molecular weight excluding hydrogens is 256 g/mol. The molecule has 0 saturated heterocycles. The molecule has 1 amide bonds. The van der Waals surface area contributed by atoms with Crippen LogP contribution in [-0.4, -0.2) is 17.4 Å². The van der Waals surface area contributed by atoms with Gasteiger partial charge >= 0.3 is 0 Å². The lowest BCUT2D eigenvalue weighted by Crippen LogP contribution is -2.34. The lowest BCUT2D eigenvalue weighted by molar-refractivity contribution is -0.129. The van der Waals surface area contributed by atoms with E-state index in [1.807, 2.05) is 17.0 Å². The number of anilines is 1. The highest BCUT2D eigenvalue weighted by molar-refractivity contribution is 9.10. The quantitative estimate of drug-likeness (QED) is 0.731. The number of carbonyl (C=O) groups is 1. The molecule has 1 heterocycles. The van der Waals surface area contributed by atoms with Gasteiger partial charge in [0.05, 0.1) is 0 Å². The summed E-state index contributed by atoms with van der Waals surface area (Å²) in [6, 6.07) is 4.01. The number of nitrogens with two attached hydrogens (primary N) is 1. The number of nitrogens with zero attached hydrogens (tertiary/aromatic N) is 1. The summed E-state index contributed by atoms with van der Waals surface area (Å²) in [6.45, 7) is 3.10. The zero-order valence-electron chi connectivity index (χ0n) is 8.59. The molecule has 1 aromatic carbocycles. The van der Waals surface area contributed by atoms with Crippen molar-refractivity contribution in [3.63, 3.8) is 0 Å². The SMILES string of the molecule is CC(=O)N1CCc2cc(N)c(Br)cc2C1. The Morgan fingerprint density at radius 2 is 2.20 bits per heavy atom. The monoisotopic (exact) mass is 268 g/mol. The number of rotatable bonds is 0. The maximum Gasteiger partial charge on any atom is 0.219 e. The summed E-state index contributed by atoms with van der Waals surface area (Å²) < 4.78 is 0.909. The van der Waals surface area contributed by atoms with Gasteiger partial charge in [-0.25, -0.2) is 0 Å². The van der Waals surface area contributed by atoms with Crippen molar-refractivity contribution in [3.8, 4) is 0 Å². The predicted molar refractivity (Wildman–Crippen MR) is 63.3 cm³/mol. The van der Waals surface area contributed by atoms with E-state index in [4.69, 9.17) is 5.73 Å². The normalized spacial score (nSPS) is 14.9. The van der Waals surface area contributed by atoms with E-state index in [9.17, 15) is 4.79 Å². The van der Waals surface area contributed by atoms with E-state index in [2.05, 4.69) is 15.9 Å². The van der Waals surface area contributed by atoms with Crippen molar-refractivity contribution < 1.29 is 4.79 Å². The molecule has 0 radical (unpaired) electrons. The smallest absolute Gasteiger partial charge is 0.219 e. The third-order valence-electron chi connectivity index (χ3n) is 2.78. The molecule has 1 aliphatic heterocycles. The average molecular weight is 269 g/mol. The van der Waals surface area contributed by atoms with E-state index in [-0.39, 0.29) is 5.91 Å². The van der Waals surface area contributed by atoms with Gasteiger partial charge in [0, 0.05) is 30.2 Å². The van der Waals surface area contributed by atoms with Crippen LogP contribution in [0.25, 0.3) is 0 Å². The van der Waals surface area contributed by atoms with Gasteiger partial charge in [-0.05, 0) is 45.6 Å². The summed E-state index contributed by atoms with van der Waals surface area (Å²) in [7, 11) is 0. The third-order valence-corrected chi connectivity index (χ3v) is 3.46. The van der Waals surface area contributed by atoms with Gasteiger partial charge in [0.1, 0.15) is 0 Å². The number of fused-ring (bicyclic) bond motifs is 1. The van der Waals surface area contributed by atoms with Gasteiger partial charge in [0.15, 0.2) is 0 Å². The van der Waals surface area contributed by atoms with Crippen molar-refractivity contribution in [2.45, 2.75) is 19.9 Å². The maximum atomic E-state index is 11.2. The first-order valence-electron chi connectivity index (χ1n) is 4.90. The number of carbonyl (C=O) groups excluding carboxylic acids is 1. The van der Waals surface area contributed by atoms with E-state index in [0.29, 0.717) is 6.54 Å². The van der Waals surface area contributed by atoms with E-state index in [1.54, 1.807) is 6.92 Å². The molecule has 0 aliphatic carbocycles. The zero-order valence-corrected chi connectivity index (χ0v) is 10.2. The second-order valence-corrected chi connectivity index (χ2v) is 4.69. The van der Waals surface area contributed by atoms with E-state index < -0.39 is 0 Å². The van der Waals surface area contributed by atoms with Crippen molar-refractivity contribution in [3.05, 3.63) is 27.7 Å². The highest BCUT2D eigenvalue weighted by Crippen LogP contribution is 2.28. The van der Waals surface area contributed by atoms with Crippen molar-refractivity contribution in [2.75, 3.05) is 12.3 Å². The number of halogens is 1. The Hall–Kier alpha value is -1.03. The van der Waals surface area contributed by atoms with Crippen LogP contribution in [0, 0.1) is 0 Å². The van der Waals surface area contributed by atoms with Crippen LogP contribution in [0.5, 0.6) is 0 Å². The highest BCUT2D eigenvalue weighted by Gasteiger charge is 2.18. The Kier molecular flexibility index (Phi) is 2.69.